The van der Waals surface area contributed by atoms with Gasteiger partial charge in [0.2, 0.25) is 0 Å². The number of hydrogen-bond acceptors (Lipinski definition) is 4. The van der Waals surface area contributed by atoms with E-state index in [4.69, 9.17) is 4.42 Å². The molecule has 0 fully saturated rings. The van der Waals surface area contributed by atoms with Crippen molar-refractivity contribution in [2.75, 3.05) is 0 Å². The number of thiophene rings is 1. The summed E-state index contributed by atoms with van der Waals surface area (Å²) in [6.45, 7) is 0. The van der Waals surface area contributed by atoms with Crippen LogP contribution in [0.25, 0.3) is 69.9 Å². The zero-order valence-corrected chi connectivity index (χ0v) is 20.3. The lowest BCUT2D eigenvalue weighted by Gasteiger charge is -2.08. The predicted molar refractivity (Wildman–Crippen MR) is 151 cm³/mol. The predicted octanol–water partition coefficient (Wildman–Crippen LogP) is 8.83. The summed E-state index contributed by atoms with van der Waals surface area (Å²) >= 11 is 1.83. The van der Waals surface area contributed by atoms with Crippen LogP contribution in [0.2, 0.25) is 0 Å². The molecule has 0 N–H and O–H groups in total. The van der Waals surface area contributed by atoms with Crippen LogP contribution < -0.4 is 0 Å². The lowest BCUT2D eigenvalue weighted by molar-refractivity contribution is 0.602. The maximum Gasteiger partial charge on any atom is 0.181 e. The molecule has 3 aromatic heterocycles. The molecule has 0 aliphatic heterocycles. The molecule has 5 heteroatoms. The number of oxazole rings is 1. The maximum absolute atomic E-state index is 9.61. The number of nitriles is 1. The Balaban J connectivity index is 1.39. The Labute approximate surface area is 215 Å². The molecule has 0 radical (unpaired) electrons. The van der Waals surface area contributed by atoms with E-state index >= 15 is 0 Å². The van der Waals surface area contributed by atoms with Gasteiger partial charge in [0.05, 0.1) is 22.7 Å². The lowest BCUT2D eigenvalue weighted by atomic mass is 10.0. The first kappa shape index (κ1) is 20.3. The van der Waals surface area contributed by atoms with Crippen molar-refractivity contribution in [1.29, 1.82) is 5.26 Å². The first-order valence-corrected chi connectivity index (χ1v) is 12.8. The Morgan fingerprint density at radius 1 is 0.703 bits per heavy atom. The van der Waals surface area contributed by atoms with Crippen molar-refractivity contribution < 1.29 is 4.42 Å². The molecule has 0 aliphatic carbocycles. The number of benzene rings is 5. The van der Waals surface area contributed by atoms with E-state index in [0.717, 1.165) is 44.2 Å². The van der Waals surface area contributed by atoms with Gasteiger partial charge in [-0.2, -0.15) is 5.26 Å². The van der Waals surface area contributed by atoms with E-state index in [0.29, 0.717) is 5.56 Å². The summed E-state index contributed by atoms with van der Waals surface area (Å²) in [4.78, 5) is 4.35. The summed E-state index contributed by atoms with van der Waals surface area (Å²) < 4.78 is 10.3. The Bertz CT molecular complexity index is 2220. The number of aromatic nitrogens is 2. The van der Waals surface area contributed by atoms with Crippen LogP contribution in [0, 0.1) is 11.3 Å². The average molecular weight is 492 g/mol. The minimum Gasteiger partial charge on any atom is -0.443 e. The van der Waals surface area contributed by atoms with Crippen molar-refractivity contribution in [2.45, 2.75) is 0 Å². The van der Waals surface area contributed by atoms with Crippen LogP contribution >= 0.6 is 11.3 Å². The van der Waals surface area contributed by atoms with Crippen LogP contribution in [0.1, 0.15) is 5.56 Å². The molecule has 37 heavy (non-hydrogen) atoms. The molecular formula is C32H17N3OS. The second-order valence-corrected chi connectivity index (χ2v) is 10.3. The first-order chi connectivity index (χ1) is 18.3. The maximum atomic E-state index is 9.61. The van der Waals surface area contributed by atoms with Crippen molar-refractivity contribution >= 4 is 64.4 Å². The third-order valence-corrected chi connectivity index (χ3v) is 8.33. The number of rotatable bonds is 2. The molecule has 0 spiro atoms. The highest BCUT2D eigenvalue weighted by Crippen LogP contribution is 2.39. The zero-order valence-electron chi connectivity index (χ0n) is 19.5. The second kappa shape index (κ2) is 7.54. The molecule has 0 bridgehead atoms. The van der Waals surface area contributed by atoms with Gasteiger partial charge in [-0.25, -0.2) is 4.98 Å². The van der Waals surface area contributed by atoms with Gasteiger partial charge in [0.15, 0.2) is 12.0 Å². The molecule has 3 heterocycles. The fourth-order valence-corrected chi connectivity index (χ4v) is 6.53. The molecule has 0 aliphatic rings. The van der Waals surface area contributed by atoms with Crippen LogP contribution in [-0.4, -0.2) is 9.55 Å². The van der Waals surface area contributed by atoms with E-state index in [1.54, 1.807) is 0 Å². The van der Waals surface area contributed by atoms with Crippen molar-refractivity contribution in [3.05, 3.63) is 109 Å². The Hall–Kier alpha value is -4.92. The average Bonchev–Trinajstić information content (AvgIpc) is 3.65. The third-order valence-electron chi connectivity index (χ3n) is 7.18. The van der Waals surface area contributed by atoms with Crippen molar-refractivity contribution in [3.63, 3.8) is 0 Å². The van der Waals surface area contributed by atoms with Gasteiger partial charge in [-0.3, -0.25) is 0 Å². The van der Waals surface area contributed by atoms with Gasteiger partial charge in [-0.15, -0.1) is 11.3 Å². The summed E-state index contributed by atoms with van der Waals surface area (Å²) in [7, 11) is 0. The minimum atomic E-state index is 0.648. The molecule has 8 rings (SSSR count). The molecule has 8 aromatic rings. The number of fused-ring (bicyclic) bond motifs is 7. The van der Waals surface area contributed by atoms with Gasteiger partial charge in [0, 0.05) is 36.6 Å². The van der Waals surface area contributed by atoms with Gasteiger partial charge >= 0.3 is 0 Å². The highest BCUT2D eigenvalue weighted by Gasteiger charge is 2.15. The molecule has 172 valence electrons. The summed E-state index contributed by atoms with van der Waals surface area (Å²) in [6.07, 6.45) is 1.47. The Morgan fingerprint density at radius 2 is 1.46 bits per heavy atom. The highest BCUT2D eigenvalue weighted by atomic mass is 32.1. The van der Waals surface area contributed by atoms with E-state index in [1.807, 2.05) is 47.7 Å². The third kappa shape index (κ3) is 2.97. The van der Waals surface area contributed by atoms with E-state index < -0.39 is 0 Å². The molecule has 5 aromatic carbocycles. The normalized spacial score (nSPS) is 11.8. The van der Waals surface area contributed by atoms with Gasteiger partial charge in [-0.1, -0.05) is 30.3 Å². The zero-order chi connectivity index (χ0) is 24.5. The van der Waals surface area contributed by atoms with Crippen molar-refractivity contribution in [3.8, 4) is 22.9 Å². The monoisotopic (exact) mass is 491 g/mol. The van der Waals surface area contributed by atoms with E-state index in [9.17, 15) is 5.26 Å². The largest absolute Gasteiger partial charge is 0.443 e. The second-order valence-electron chi connectivity index (χ2n) is 9.22. The van der Waals surface area contributed by atoms with Crippen LogP contribution in [0.3, 0.4) is 0 Å². The first-order valence-electron chi connectivity index (χ1n) is 12.0. The molecule has 0 saturated carbocycles. The molecule has 4 nitrogen and oxygen atoms in total. The highest BCUT2D eigenvalue weighted by molar-refractivity contribution is 7.25. The van der Waals surface area contributed by atoms with Gasteiger partial charge in [-0.05, 0) is 77.9 Å². The van der Waals surface area contributed by atoms with Crippen LogP contribution in [0.4, 0.5) is 0 Å². The lowest BCUT2D eigenvalue weighted by Crippen LogP contribution is -1.93. The SMILES string of the molecule is N#Cc1ccc2c(c1)c1cc(-c3ccc4sc5ccccc5c4c3)ccc1n2-c1ccc2ocnc2c1. The van der Waals surface area contributed by atoms with E-state index in [-0.39, 0.29) is 0 Å². The minimum absolute atomic E-state index is 0.648. The molecule has 0 amide bonds. The van der Waals surface area contributed by atoms with Crippen LogP contribution in [0.15, 0.2) is 108 Å². The Kier molecular flexibility index (Phi) is 4.13. The fourth-order valence-electron chi connectivity index (χ4n) is 5.44. The van der Waals surface area contributed by atoms with Gasteiger partial charge in [0.1, 0.15) is 5.52 Å². The molecule has 0 atom stereocenters. The topological polar surface area (TPSA) is 54.8 Å². The van der Waals surface area contributed by atoms with Gasteiger partial charge in [0.25, 0.3) is 0 Å². The fraction of sp³-hybridized carbons (Fsp3) is 0. The standard InChI is InChI=1S/C32H17N3OS/c33-17-19-5-9-28-24(13-19)25-14-20(21-7-12-32-26(15-21)23-3-1-2-4-31(23)37-32)6-10-29(25)35(28)22-8-11-30-27(16-22)34-18-36-30/h1-16,18H. The smallest absolute Gasteiger partial charge is 0.181 e. The Morgan fingerprint density at radius 3 is 2.35 bits per heavy atom. The van der Waals surface area contributed by atoms with Crippen molar-refractivity contribution in [2.24, 2.45) is 0 Å². The van der Waals surface area contributed by atoms with E-state index in [2.05, 4.69) is 76.3 Å². The van der Waals surface area contributed by atoms with Crippen molar-refractivity contribution in [1.82, 2.24) is 9.55 Å². The summed E-state index contributed by atoms with van der Waals surface area (Å²) in [6, 6.07) is 36.2. The summed E-state index contributed by atoms with van der Waals surface area (Å²) in [5.41, 5.74) is 7.69. The number of nitrogens with zero attached hydrogens (tertiary/aromatic N) is 3. The number of hydrogen-bond donors (Lipinski definition) is 0. The van der Waals surface area contributed by atoms with Crippen LogP contribution in [0.5, 0.6) is 0 Å². The quantitative estimate of drug-likeness (QED) is 0.243. The van der Waals surface area contributed by atoms with Gasteiger partial charge < -0.3 is 8.98 Å². The molecular weight excluding hydrogens is 474 g/mol. The molecule has 0 unspecified atom stereocenters. The summed E-state index contributed by atoms with van der Waals surface area (Å²) in [5, 5.41) is 14.4. The molecule has 0 saturated heterocycles. The summed E-state index contributed by atoms with van der Waals surface area (Å²) in [5.74, 6) is 0. The van der Waals surface area contributed by atoms with E-state index in [1.165, 1.54) is 32.1 Å². The van der Waals surface area contributed by atoms with Crippen LogP contribution in [-0.2, 0) is 0 Å².